The molecule has 1 atom stereocenters. The van der Waals surface area contributed by atoms with E-state index in [0.29, 0.717) is 31.5 Å². The summed E-state index contributed by atoms with van der Waals surface area (Å²) >= 11 is 0. The molecule has 3 heterocycles. The molecule has 10 nitrogen and oxygen atoms in total. The van der Waals surface area contributed by atoms with Gasteiger partial charge in [0.2, 0.25) is 5.91 Å². The number of likely N-dealkylation sites (tertiary alicyclic amines) is 1. The number of fused-ring (bicyclic) bond motifs is 1. The monoisotopic (exact) mass is 558 g/mol. The molecule has 10 heteroatoms. The number of carboxylic acids is 1. The third kappa shape index (κ3) is 5.41. The SMILES string of the molecule is CCOC(=O)[C@@](CC(=O)N1CCC(n2cc(-c3ccccc3)[nH]c2=O)CC1)(Cc1cn(C)c2ccccc12)C(=O)O. The normalized spacial score (nSPS) is 15.5. The van der Waals surface area contributed by atoms with Crippen molar-refractivity contribution < 1.29 is 24.2 Å². The standard InChI is InChI=1S/C31H34N4O6/c1-3-41-29(39)31(28(37)38,17-22-19-33(2)26-12-8-7-11-24(22)26)18-27(36)34-15-13-23(14-16-34)35-20-25(32-30(35)40)21-9-5-4-6-10-21/h4-12,19-20,23H,3,13-18H2,1-2H3,(H,32,40)(H,37,38)/t31-/m1/s1. The number of hydrogen-bond donors (Lipinski definition) is 2. The Bertz CT molecular complexity index is 1630. The summed E-state index contributed by atoms with van der Waals surface area (Å²) in [5.74, 6) is -2.74. The van der Waals surface area contributed by atoms with Crippen LogP contribution in [0.3, 0.4) is 0 Å². The molecule has 1 fully saturated rings. The number of piperidine rings is 1. The Morgan fingerprint density at radius 1 is 1.02 bits per heavy atom. The number of carboxylic acid groups (broad SMARTS) is 1. The molecule has 41 heavy (non-hydrogen) atoms. The van der Waals surface area contributed by atoms with E-state index in [1.54, 1.807) is 28.8 Å². The van der Waals surface area contributed by atoms with E-state index in [4.69, 9.17) is 4.74 Å². The average Bonchev–Trinajstić information content (AvgIpc) is 3.52. The minimum atomic E-state index is -2.07. The van der Waals surface area contributed by atoms with E-state index in [9.17, 15) is 24.3 Å². The predicted octanol–water partition coefficient (Wildman–Crippen LogP) is 3.77. The number of rotatable bonds is 9. The molecule has 1 amide bonds. The molecule has 1 saturated heterocycles. The molecule has 0 spiro atoms. The summed E-state index contributed by atoms with van der Waals surface area (Å²) in [5.41, 5.74) is 0.904. The molecule has 0 radical (unpaired) electrons. The maximum Gasteiger partial charge on any atom is 0.326 e. The van der Waals surface area contributed by atoms with E-state index in [-0.39, 0.29) is 24.8 Å². The van der Waals surface area contributed by atoms with Gasteiger partial charge in [0.15, 0.2) is 5.41 Å². The number of carbonyl (C=O) groups excluding carboxylic acids is 2. The molecular weight excluding hydrogens is 524 g/mol. The third-order valence-corrected chi connectivity index (χ3v) is 8.04. The number of carbonyl (C=O) groups is 3. The van der Waals surface area contributed by atoms with Crippen LogP contribution in [0.25, 0.3) is 22.2 Å². The van der Waals surface area contributed by atoms with E-state index in [1.165, 1.54) is 0 Å². The molecule has 5 rings (SSSR count). The zero-order chi connectivity index (χ0) is 29.1. The lowest BCUT2D eigenvalue weighted by Gasteiger charge is -2.34. The quantitative estimate of drug-likeness (QED) is 0.238. The number of aromatic amines is 1. The number of hydrogen-bond acceptors (Lipinski definition) is 5. The van der Waals surface area contributed by atoms with E-state index >= 15 is 0 Å². The Morgan fingerprint density at radius 2 is 1.71 bits per heavy atom. The van der Waals surface area contributed by atoms with Crippen LogP contribution in [0, 0.1) is 5.41 Å². The molecule has 1 aliphatic heterocycles. The summed E-state index contributed by atoms with van der Waals surface area (Å²) < 4.78 is 8.78. The second kappa shape index (κ2) is 11.5. The highest BCUT2D eigenvalue weighted by Gasteiger charge is 2.50. The average molecular weight is 559 g/mol. The van der Waals surface area contributed by atoms with Crippen LogP contribution in [0.2, 0.25) is 0 Å². The second-order valence-electron chi connectivity index (χ2n) is 10.6. The fourth-order valence-corrected chi connectivity index (χ4v) is 5.81. The predicted molar refractivity (Wildman–Crippen MR) is 153 cm³/mol. The van der Waals surface area contributed by atoms with Crippen LogP contribution < -0.4 is 5.69 Å². The lowest BCUT2D eigenvalue weighted by atomic mass is 9.77. The first-order chi connectivity index (χ1) is 19.7. The van der Waals surface area contributed by atoms with Crippen LogP contribution in [0.4, 0.5) is 0 Å². The molecule has 0 bridgehead atoms. The van der Waals surface area contributed by atoms with E-state index in [2.05, 4.69) is 4.98 Å². The minimum absolute atomic E-state index is 0.000623. The number of aryl methyl sites for hydroxylation is 1. The van der Waals surface area contributed by atoms with Crippen molar-refractivity contribution in [3.63, 3.8) is 0 Å². The summed E-state index contributed by atoms with van der Waals surface area (Å²) in [6.45, 7) is 2.30. The molecule has 1 aliphatic rings. The molecular formula is C31H34N4O6. The molecule has 214 valence electrons. The Labute approximate surface area is 237 Å². The van der Waals surface area contributed by atoms with Crippen molar-refractivity contribution >= 4 is 28.7 Å². The van der Waals surface area contributed by atoms with Crippen LogP contribution in [0.15, 0.2) is 71.8 Å². The highest BCUT2D eigenvalue weighted by molar-refractivity contribution is 6.03. The maximum atomic E-state index is 13.6. The summed E-state index contributed by atoms with van der Waals surface area (Å²) in [4.78, 5) is 56.8. The molecule has 2 aromatic carbocycles. The smallest absolute Gasteiger partial charge is 0.326 e. The van der Waals surface area contributed by atoms with Crippen molar-refractivity contribution in [2.24, 2.45) is 12.5 Å². The van der Waals surface area contributed by atoms with Crippen molar-refractivity contribution in [1.29, 1.82) is 0 Å². The molecule has 2 aromatic heterocycles. The number of imidazole rings is 1. The van der Waals surface area contributed by atoms with Gasteiger partial charge in [-0.05, 0) is 37.0 Å². The summed E-state index contributed by atoms with van der Waals surface area (Å²) in [6, 6.07) is 17.0. The van der Waals surface area contributed by atoms with Crippen molar-refractivity contribution in [3.8, 4) is 11.3 Å². The van der Waals surface area contributed by atoms with Crippen LogP contribution in [0.5, 0.6) is 0 Å². The molecule has 0 aliphatic carbocycles. The number of aromatic nitrogens is 3. The van der Waals surface area contributed by atoms with Gasteiger partial charge in [0.25, 0.3) is 0 Å². The first-order valence-electron chi connectivity index (χ1n) is 13.8. The summed E-state index contributed by atoms with van der Waals surface area (Å²) in [7, 11) is 1.85. The fourth-order valence-electron chi connectivity index (χ4n) is 5.81. The van der Waals surface area contributed by atoms with Crippen molar-refractivity contribution in [3.05, 3.63) is 83.0 Å². The molecule has 0 unspecified atom stereocenters. The lowest BCUT2D eigenvalue weighted by Crippen LogP contribution is -2.48. The van der Waals surface area contributed by atoms with Crippen LogP contribution in [0.1, 0.15) is 37.8 Å². The first-order valence-corrected chi connectivity index (χ1v) is 13.8. The van der Waals surface area contributed by atoms with Gasteiger partial charge in [0, 0.05) is 55.9 Å². The number of amides is 1. The van der Waals surface area contributed by atoms with Gasteiger partial charge in [-0.2, -0.15) is 0 Å². The third-order valence-electron chi connectivity index (χ3n) is 8.04. The maximum absolute atomic E-state index is 13.6. The van der Waals surface area contributed by atoms with E-state index < -0.39 is 29.7 Å². The number of ether oxygens (including phenoxy) is 1. The summed E-state index contributed by atoms with van der Waals surface area (Å²) in [5, 5.41) is 11.2. The number of aliphatic carboxylic acids is 1. The Balaban J connectivity index is 1.34. The fraction of sp³-hybridized carbons (Fsp3) is 0.355. The van der Waals surface area contributed by atoms with E-state index in [0.717, 1.165) is 22.2 Å². The minimum Gasteiger partial charge on any atom is -0.480 e. The molecule has 4 aromatic rings. The Morgan fingerprint density at radius 3 is 2.39 bits per heavy atom. The van der Waals surface area contributed by atoms with Crippen molar-refractivity contribution in [2.45, 2.75) is 38.6 Å². The van der Waals surface area contributed by atoms with Gasteiger partial charge < -0.3 is 24.3 Å². The number of nitrogens with zero attached hydrogens (tertiary/aromatic N) is 3. The van der Waals surface area contributed by atoms with Gasteiger partial charge >= 0.3 is 17.6 Å². The van der Waals surface area contributed by atoms with E-state index in [1.807, 2.05) is 66.2 Å². The van der Waals surface area contributed by atoms with Gasteiger partial charge in [-0.3, -0.25) is 19.0 Å². The van der Waals surface area contributed by atoms with Gasteiger partial charge in [-0.25, -0.2) is 4.79 Å². The number of esters is 1. The Kier molecular flexibility index (Phi) is 7.83. The van der Waals surface area contributed by atoms with Gasteiger partial charge in [0.1, 0.15) is 0 Å². The number of benzene rings is 2. The highest BCUT2D eigenvalue weighted by atomic mass is 16.5. The Hall–Kier alpha value is -4.60. The topological polar surface area (TPSA) is 127 Å². The highest BCUT2D eigenvalue weighted by Crippen LogP contribution is 2.35. The van der Waals surface area contributed by atoms with Crippen LogP contribution in [-0.2, 0) is 32.6 Å². The lowest BCUT2D eigenvalue weighted by molar-refractivity contribution is -0.172. The summed E-state index contributed by atoms with van der Waals surface area (Å²) in [6.07, 6.45) is 3.97. The van der Waals surface area contributed by atoms with Crippen LogP contribution in [-0.4, -0.2) is 61.7 Å². The zero-order valence-corrected chi connectivity index (χ0v) is 23.2. The van der Waals surface area contributed by atoms with Gasteiger partial charge in [-0.15, -0.1) is 0 Å². The van der Waals surface area contributed by atoms with Crippen molar-refractivity contribution in [2.75, 3.05) is 19.7 Å². The molecule has 2 N–H and O–H groups in total. The zero-order valence-electron chi connectivity index (χ0n) is 23.2. The largest absolute Gasteiger partial charge is 0.480 e. The molecule has 0 saturated carbocycles. The van der Waals surface area contributed by atoms with Crippen LogP contribution >= 0.6 is 0 Å². The number of nitrogens with one attached hydrogen (secondary N) is 1. The number of H-pyrrole nitrogens is 1. The first kappa shape index (κ1) is 27.9. The number of para-hydroxylation sites is 1. The van der Waals surface area contributed by atoms with Crippen molar-refractivity contribution in [1.82, 2.24) is 19.0 Å². The van der Waals surface area contributed by atoms with Gasteiger partial charge in [-0.1, -0.05) is 48.5 Å². The van der Waals surface area contributed by atoms with Gasteiger partial charge in [0.05, 0.1) is 18.7 Å². The second-order valence-corrected chi connectivity index (χ2v) is 10.6.